The van der Waals surface area contributed by atoms with E-state index in [9.17, 15) is 14.4 Å². The number of carbonyl (C=O) groups excluding carboxylic acids is 1. The van der Waals surface area contributed by atoms with E-state index in [1.54, 1.807) is 0 Å². The molecule has 66 valence electrons. The topological polar surface area (TPSA) is 121 Å². The van der Waals surface area contributed by atoms with E-state index < -0.39 is 18.1 Å². The Labute approximate surface area is 66.7 Å². The van der Waals surface area contributed by atoms with Crippen molar-refractivity contribution < 1.29 is 24.6 Å². The number of hydrogen-bond donors (Lipinski definition) is 3. The highest BCUT2D eigenvalue weighted by molar-refractivity contribution is 5.91. The van der Waals surface area contributed by atoms with Crippen molar-refractivity contribution in [2.75, 3.05) is 0 Å². The van der Waals surface area contributed by atoms with Crippen molar-refractivity contribution in [3.05, 3.63) is 12.3 Å². The Morgan fingerprint density at radius 2 is 1.75 bits per heavy atom. The van der Waals surface area contributed by atoms with Crippen LogP contribution in [0.25, 0.3) is 0 Å². The maximum absolute atomic E-state index is 10.3. The van der Waals surface area contributed by atoms with E-state index in [-0.39, 0.29) is 4.90 Å². The number of primary amides is 1. The van der Waals surface area contributed by atoms with E-state index in [0.29, 0.717) is 12.3 Å². The Balaban J connectivity index is 4.44. The Bertz CT molecular complexity index is 232. The molecule has 0 unspecified atom stereocenters. The first-order valence-corrected chi connectivity index (χ1v) is 2.68. The maximum Gasteiger partial charge on any atom is 0.419 e. The van der Waals surface area contributed by atoms with Crippen LogP contribution in [0.1, 0.15) is 0 Å². The van der Waals surface area contributed by atoms with Gasteiger partial charge in [-0.2, -0.15) is 0 Å². The zero-order valence-electron chi connectivity index (χ0n) is 5.80. The number of amides is 3. The molecule has 0 aliphatic carbocycles. The van der Waals surface area contributed by atoms with Gasteiger partial charge in [0.05, 0.1) is 0 Å². The van der Waals surface area contributed by atoms with Crippen LogP contribution < -0.4 is 5.73 Å². The lowest BCUT2D eigenvalue weighted by Crippen LogP contribution is -2.35. The highest BCUT2D eigenvalue weighted by Gasteiger charge is 2.13. The fourth-order valence-corrected chi connectivity index (χ4v) is 0.370. The summed E-state index contributed by atoms with van der Waals surface area (Å²) in [6, 6.07) is -1.26. The van der Waals surface area contributed by atoms with Gasteiger partial charge in [0.25, 0.3) is 0 Å². The summed E-state index contributed by atoms with van der Waals surface area (Å²) in [5.74, 6) is -1.37. The lowest BCUT2D eigenvalue weighted by atomic mass is 10.6. The van der Waals surface area contributed by atoms with Crippen molar-refractivity contribution in [2.45, 2.75) is 0 Å². The second-order valence-corrected chi connectivity index (χ2v) is 1.64. The van der Waals surface area contributed by atoms with Crippen LogP contribution >= 0.6 is 0 Å². The monoisotopic (exact) mass is 174 g/mol. The maximum atomic E-state index is 10.3. The molecule has 0 heterocycles. The number of urea groups is 1. The molecule has 0 aromatic heterocycles. The Morgan fingerprint density at radius 1 is 1.25 bits per heavy atom. The molecule has 0 aliphatic rings. The lowest BCUT2D eigenvalue weighted by Gasteiger charge is -2.06. The summed E-state index contributed by atoms with van der Waals surface area (Å²) >= 11 is 0. The number of carboxylic acid groups (broad SMARTS) is 2. The molecule has 7 heteroatoms. The largest absolute Gasteiger partial charge is 0.478 e. The lowest BCUT2D eigenvalue weighted by molar-refractivity contribution is -0.131. The zero-order chi connectivity index (χ0) is 9.72. The summed E-state index contributed by atoms with van der Waals surface area (Å²) in [7, 11) is 0. The van der Waals surface area contributed by atoms with Crippen molar-refractivity contribution in [1.82, 2.24) is 4.90 Å². The molecule has 0 spiro atoms. The zero-order valence-corrected chi connectivity index (χ0v) is 5.80. The molecule has 0 aromatic rings. The van der Waals surface area contributed by atoms with E-state index in [2.05, 4.69) is 5.73 Å². The van der Waals surface area contributed by atoms with Gasteiger partial charge >= 0.3 is 18.1 Å². The van der Waals surface area contributed by atoms with Gasteiger partial charge in [0, 0.05) is 12.3 Å². The van der Waals surface area contributed by atoms with E-state index in [4.69, 9.17) is 10.2 Å². The molecule has 4 N–H and O–H groups in total. The second kappa shape index (κ2) is 3.96. The molecule has 7 nitrogen and oxygen atoms in total. The highest BCUT2D eigenvalue weighted by atomic mass is 16.4. The van der Waals surface area contributed by atoms with Crippen molar-refractivity contribution in [3.8, 4) is 0 Å². The third-order valence-corrected chi connectivity index (χ3v) is 0.810. The standard InChI is InChI=1S/C5H6N2O5/c6-4(10)7(5(11)12)2-1-3(8)9/h1-2H,(H2,6,10)(H,8,9)(H,11,12). The summed E-state index contributed by atoms with van der Waals surface area (Å²) in [6.45, 7) is 0. The first-order chi connectivity index (χ1) is 5.45. The number of aliphatic carboxylic acids is 1. The SMILES string of the molecule is NC(=O)N(C=CC(=O)O)C(=O)O. The normalized spacial score (nSPS) is 9.67. The average Bonchev–Trinajstić information content (AvgIpc) is 1.84. The first kappa shape index (κ1) is 9.95. The number of nitrogens with zero attached hydrogens (tertiary/aromatic N) is 1. The van der Waals surface area contributed by atoms with Gasteiger partial charge in [0.15, 0.2) is 0 Å². The Hall–Kier alpha value is -2.05. The minimum Gasteiger partial charge on any atom is -0.478 e. The highest BCUT2D eigenvalue weighted by Crippen LogP contribution is 1.90. The number of hydrogen-bond acceptors (Lipinski definition) is 3. The van der Waals surface area contributed by atoms with E-state index in [1.807, 2.05) is 0 Å². The fourth-order valence-electron chi connectivity index (χ4n) is 0.370. The molecular formula is C5H6N2O5. The predicted molar refractivity (Wildman–Crippen MR) is 36.2 cm³/mol. The van der Waals surface area contributed by atoms with Crippen LogP contribution in [-0.2, 0) is 4.79 Å². The van der Waals surface area contributed by atoms with Gasteiger partial charge < -0.3 is 15.9 Å². The summed E-state index contributed by atoms with van der Waals surface area (Å²) < 4.78 is 0. The number of imide groups is 1. The van der Waals surface area contributed by atoms with Crippen molar-refractivity contribution in [2.24, 2.45) is 5.73 Å². The van der Waals surface area contributed by atoms with Gasteiger partial charge in [-0.05, 0) is 0 Å². The van der Waals surface area contributed by atoms with Crippen LogP contribution in [0.4, 0.5) is 9.59 Å². The Kier molecular flexibility index (Phi) is 3.28. The first-order valence-electron chi connectivity index (χ1n) is 2.68. The third-order valence-electron chi connectivity index (χ3n) is 0.810. The second-order valence-electron chi connectivity index (χ2n) is 1.64. The van der Waals surface area contributed by atoms with Crippen LogP contribution in [-0.4, -0.2) is 33.2 Å². The Morgan fingerprint density at radius 3 is 2.00 bits per heavy atom. The van der Waals surface area contributed by atoms with Crippen LogP contribution in [0.2, 0.25) is 0 Å². The third kappa shape index (κ3) is 3.20. The molecular weight excluding hydrogens is 168 g/mol. The van der Waals surface area contributed by atoms with Gasteiger partial charge in [-0.15, -0.1) is 0 Å². The summed E-state index contributed by atoms with van der Waals surface area (Å²) in [5.41, 5.74) is 4.59. The van der Waals surface area contributed by atoms with E-state index >= 15 is 0 Å². The minimum atomic E-state index is -1.64. The van der Waals surface area contributed by atoms with Crippen LogP contribution in [0.3, 0.4) is 0 Å². The molecule has 0 atom stereocenters. The quantitative estimate of drug-likeness (QED) is 0.493. The summed E-state index contributed by atoms with van der Waals surface area (Å²) in [5, 5.41) is 16.3. The molecule has 0 saturated carbocycles. The number of rotatable bonds is 2. The average molecular weight is 174 g/mol. The molecule has 0 fully saturated rings. The van der Waals surface area contributed by atoms with Crippen LogP contribution in [0.15, 0.2) is 12.3 Å². The van der Waals surface area contributed by atoms with Crippen molar-refractivity contribution >= 4 is 18.1 Å². The van der Waals surface area contributed by atoms with Crippen molar-refractivity contribution in [3.63, 3.8) is 0 Å². The van der Waals surface area contributed by atoms with Gasteiger partial charge in [0.1, 0.15) is 0 Å². The number of nitrogens with two attached hydrogens (primary N) is 1. The molecule has 0 aromatic carbocycles. The summed E-state index contributed by atoms with van der Waals surface area (Å²) in [4.78, 5) is 30.4. The van der Waals surface area contributed by atoms with Crippen LogP contribution in [0.5, 0.6) is 0 Å². The summed E-state index contributed by atoms with van der Waals surface area (Å²) in [6.07, 6.45) is -0.605. The molecule has 3 amide bonds. The molecule has 0 rings (SSSR count). The van der Waals surface area contributed by atoms with Gasteiger partial charge in [-0.1, -0.05) is 0 Å². The van der Waals surface area contributed by atoms with Gasteiger partial charge in [0.2, 0.25) is 0 Å². The van der Waals surface area contributed by atoms with Gasteiger partial charge in [-0.25, -0.2) is 19.3 Å². The molecule has 0 radical (unpaired) electrons. The van der Waals surface area contributed by atoms with Crippen molar-refractivity contribution in [1.29, 1.82) is 0 Å². The predicted octanol–water partition coefficient (Wildman–Crippen LogP) is -0.357. The number of carbonyl (C=O) groups is 3. The molecule has 12 heavy (non-hydrogen) atoms. The van der Waals surface area contributed by atoms with E-state index in [0.717, 1.165) is 0 Å². The van der Waals surface area contributed by atoms with Gasteiger partial charge in [-0.3, -0.25) is 0 Å². The van der Waals surface area contributed by atoms with Crippen LogP contribution in [0, 0.1) is 0 Å². The minimum absolute atomic E-state index is 0.0497. The smallest absolute Gasteiger partial charge is 0.419 e. The molecule has 0 saturated heterocycles. The number of carboxylic acids is 1. The molecule has 0 aliphatic heterocycles. The molecule has 0 bridgehead atoms. The van der Waals surface area contributed by atoms with E-state index in [1.165, 1.54) is 0 Å². The fraction of sp³-hybridized carbons (Fsp3) is 0.